The van der Waals surface area contributed by atoms with Gasteiger partial charge in [0.1, 0.15) is 5.01 Å². The Morgan fingerprint density at radius 2 is 1.57 bits per heavy atom. The molecule has 0 N–H and O–H groups in total. The van der Waals surface area contributed by atoms with Crippen molar-refractivity contribution >= 4 is 44.5 Å². The molecule has 1 nitrogen and oxygen atoms in total. The Balaban J connectivity index is 1.69. The van der Waals surface area contributed by atoms with E-state index < -0.39 is 0 Å². The van der Waals surface area contributed by atoms with Gasteiger partial charge < -0.3 is 0 Å². The number of thiazole rings is 1. The Hall–Kier alpha value is -2.45. The third-order valence-corrected chi connectivity index (χ3v) is 4.50. The lowest BCUT2D eigenvalue weighted by molar-refractivity contribution is 1.46. The zero-order valence-corrected chi connectivity index (χ0v) is 12.2. The van der Waals surface area contributed by atoms with E-state index in [0.29, 0.717) is 0 Å². The smallest absolute Gasteiger partial charge is 0.117 e. The van der Waals surface area contributed by atoms with E-state index in [1.807, 2.05) is 6.07 Å². The SMILES string of the molecule is C(=C\c1nc2ccccc2s1)/c1ccc2ccccc2c1. The highest BCUT2D eigenvalue weighted by molar-refractivity contribution is 7.19. The van der Waals surface area contributed by atoms with Crippen molar-refractivity contribution in [2.24, 2.45) is 0 Å². The predicted molar refractivity (Wildman–Crippen MR) is 92.5 cm³/mol. The van der Waals surface area contributed by atoms with Gasteiger partial charge in [0.15, 0.2) is 0 Å². The average molecular weight is 287 g/mol. The van der Waals surface area contributed by atoms with E-state index in [9.17, 15) is 0 Å². The van der Waals surface area contributed by atoms with E-state index in [-0.39, 0.29) is 0 Å². The maximum absolute atomic E-state index is 4.62. The van der Waals surface area contributed by atoms with Gasteiger partial charge in [-0.1, -0.05) is 54.6 Å². The van der Waals surface area contributed by atoms with E-state index in [0.717, 1.165) is 10.5 Å². The van der Waals surface area contributed by atoms with Crippen LogP contribution in [-0.2, 0) is 0 Å². The van der Waals surface area contributed by atoms with Gasteiger partial charge in [-0.2, -0.15) is 0 Å². The van der Waals surface area contributed by atoms with E-state index >= 15 is 0 Å². The van der Waals surface area contributed by atoms with Gasteiger partial charge in [-0.15, -0.1) is 11.3 Å². The molecule has 0 radical (unpaired) electrons. The third-order valence-electron chi connectivity index (χ3n) is 3.50. The summed E-state index contributed by atoms with van der Waals surface area (Å²) in [5, 5.41) is 3.59. The topological polar surface area (TPSA) is 12.9 Å². The van der Waals surface area contributed by atoms with E-state index in [4.69, 9.17) is 0 Å². The minimum absolute atomic E-state index is 1.05. The van der Waals surface area contributed by atoms with Crippen LogP contribution < -0.4 is 0 Å². The number of nitrogens with zero attached hydrogens (tertiary/aromatic N) is 1. The van der Waals surface area contributed by atoms with Crippen LogP contribution in [0.5, 0.6) is 0 Å². The summed E-state index contributed by atoms with van der Waals surface area (Å²) in [4.78, 5) is 4.62. The van der Waals surface area contributed by atoms with Gasteiger partial charge in [-0.3, -0.25) is 0 Å². The number of rotatable bonds is 2. The van der Waals surface area contributed by atoms with Crippen molar-refractivity contribution in [1.82, 2.24) is 4.98 Å². The van der Waals surface area contributed by atoms with Crippen molar-refractivity contribution in [3.05, 3.63) is 77.3 Å². The lowest BCUT2D eigenvalue weighted by atomic mass is 10.1. The molecule has 4 rings (SSSR count). The first-order chi connectivity index (χ1) is 10.4. The Morgan fingerprint density at radius 1 is 0.762 bits per heavy atom. The predicted octanol–water partition coefficient (Wildman–Crippen LogP) is 5.62. The summed E-state index contributed by atoms with van der Waals surface area (Å²) in [5.41, 5.74) is 2.27. The van der Waals surface area contributed by atoms with Crippen LogP contribution in [0.2, 0.25) is 0 Å². The molecule has 0 bridgehead atoms. The van der Waals surface area contributed by atoms with Crippen molar-refractivity contribution in [2.75, 3.05) is 0 Å². The lowest BCUT2D eigenvalue weighted by Gasteiger charge is -1.98. The van der Waals surface area contributed by atoms with E-state index in [1.165, 1.54) is 21.0 Å². The summed E-state index contributed by atoms with van der Waals surface area (Å²) in [5.74, 6) is 0. The molecule has 0 amide bonds. The van der Waals surface area contributed by atoms with Gasteiger partial charge in [0.2, 0.25) is 0 Å². The molecule has 0 unspecified atom stereocenters. The molecule has 0 saturated heterocycles. The Bertz CT molecular complexity index is 917. The minimum atomic E-state index is 1.05. The molecule has 4 aromatic rings. The average Bonchev–Trinajstić information content (AvgIpc) is 2.95. The van der Waals surface area contributed by atoms with Crippen LogP contribution in [0.3, 0.4) is 0 Å². The standard InChI is InChI=1S/C19H13NS/c1-2-6-16-13-14(9-11-15(16)5-1)10-12-19-20-17-7-3-4-8-18(17)21-19/h1-13H/b12-10+. The van der Waals surface area contributed by atoms with Crippen molar-refractivity contribution in [1.29, 1.82) is 0 Å². The van der Waals surface area contributed by atoms with Gasteiger partial charge in [-0.25, -0.2) is 4.98 Å². The summed E-state index contributed by atoms with van der Waals surface area (Å²) >= 11 is 1.72. The Labute approximate surface area is 127 Å². The fourth-order valence-corrected chi connectivity index (χ4v) is 3.31. The summed E-state index contributed by atoms with van der Waals surface area (Å²) in [6.45, 7) is 0. The number of para-hydroxylation sites is 1. The van der Waals surface area contributed by atoms with Crippen LogP contribution in [0, 0.1) is 0 Å². The first kappa shape index (κ1) is 12.3. The summed E-state index contributed by atoms with van der Waals surface area (Å²) in [6, 6.07) is 23.2. The fourth-order valence-electron chi connectivity index (χ4n) is 2.44. The van der Waals surface area contributed by atoms with Crippen molar-refractivity contribution in [3.8, 4) is 0 Å². The van der Waals surface area contributed by atoms with Gasteiger partial charge in [0, 0.05) is 0 Å². The molecule has 0 fully saturated rings. The molecule has 3 aromatic carbocycles. The molecule has 0 aliphatic rings. The molecule has 100 valence electrons. The Morgan fingerprint density at radius 3 is 2.48 bits per heavy atom. The molecular weight excluding hydrogens is 274 g/mol. The van der Waals surface area contributed by atoms with Crippen molar-refractivity contribution in [2.45, 2.75) is 0 Å². The molecule has 1 aromatic heterocycles. The molecular formula is C19H13NS. The zero-order chi connectivity index (χ0) is 14.1. The molecule has 21 heavy (non-hydrogen) atoms. The maximum Gasteiger partial charge on any atom is 0.117 e. The number of hydrogen-bond donors (Lipinski definition) is 0. The quantitative estimate of drug-likeness (QED) is 0.466. The third kappa shape index (κ3) is 2.46. The molecule has 0 saturated carbocycles. The number of fused-ring (bicyclic) bond motifs is 2. The molecule has 0 atom stereocenters. The number of hydrogen-bond acceptors (Lipinski definition) is 2. The normalized spacial score (nSPS) is 11.6. The summed E-state index contributed by atoms with van der Waals surface area (Å²) in [6.07, 6.45) is 4.22. The molecule has 2 heteroatoms. The maximum atomic E-state index is 4.62. The largest absolute Gasteiger partial charge is 0.237 e. The Kier molecular flexibility index (Phi) is 3.02. The fraction of sp³-hybridized carbons (Fsp3) is 0. The van der Waals surface area contributed by atoms with Gasteiger partial charge in [-0.05, 0) is 40.6 Å². The van der Waals surface area contributed by atoms with Crippen molar-refractivity contribution < 1.29 is 0 Å². The van der Waals surface area contributed by atoms with Gasteiger partial charge >= 0.3 is 0 Å². The highest BCUT2D eigenvalue weighted by atomic mass is 32.1. The first-order valence-corrected chi connectivity index (χ1v) is 7.73. The summed E-state index contributed by atoms with van der Waals surface area (Å²) in [7, 11) is 0. The van der Waals surface area contributed by atoms with Crippen LogP contribution >= 0.6 is 11.3 Å². The van der Waals surface area contributed by atoms with E-state index in [2.05, 4.69) is 77.8 Å². The molecule has 1 heterocycles. The van der Waals surface area contributed by atoms with Crippen LogP contribution in [0.4, 0.5) is 0 Å². The molecule has 0 spiro atoms. The molecule has 0 aliphatic heterocycles. The highest BCUT2D eigenvalue weighted by Crippen LogP contribution is 2.23. The highest BCUT2D eigenvalue weighted by Gasteiger charge is 1.99. The minimum Gasteiger partial charge on any atom is -0.237 e. The number of benzene rings is 3. The van der Waals surface area contributed by atoms with Crippen LogP contribution in [-0.4, -0.2) is 4.98 Å². The van der Waals surface area contributed by atoms with Gasteiger partial charge in [0.25, 0.3) is 0 Å². The van der Waals surface area contributed by atoms with Crippen LogP contribution in [0.25, 0.3) is 33.1 Å². The van der Waals surface area contributed by atoms with Gasteiger partial charge in [0.05, 0.1) is 10.2 Å². The van der Waals surface area contributed by atoms with Crippen LogP contribution in [0.1, 0.15) is 10.6 Å². The van der Waals surface area contributed by atoms with Crippen LogP contribution in [0.15, 0.2) is 66.7 Å². The second kappa shape index (κ2) is 5.15. The first-order valence-electron chi connectivity index (χ1n) is 6.91. The summed E-state index contributed by atoms with van der Waals surface area (Å²) < 4.78 is 1.23. The van der Waals surface area contributed by atoms with E-state index in [1.54, 1.807) is 11.3 Å². The molecule has 0 aliphatic carbocycles. The number of aromatic nitrogens is 1. The second-order valence-electron chi connectivity index (χ2n) is 4.96. The van der Waals surface area contributed by atoms with Crippen molar-refractivity contribution in [3.63, 3.8) is 0 Å². The lowest BCUT2D eigenvalue weighted by Crippen LogP contribution is -1.75. The second-order valence-corrected chi connectivity index (χ2v) is 6.02. The monoisotopic (exact) mass is 287 g/mol. The zero-order valence-electron chi connectivity index (χ0n) is 11.4.